The average Bonchev–Trinajstić information content (AvgIpc) is 3.19. The molecule has 2 aliphatic rings. The summed E-state index contributed by atoms with van der Waals surface area (Å²) in [5.74, 6) is -1.65. The molecule has 2 atom stereocenters. The molecule has 1 aromatic heterocycles. The lowest BCUT2D eigenvalue weighted by atomic mass is 10.1. The first-order chi connectivity index (χ1) is 14.0. The summed E-state index contributed by atoms with van der Waals surface area (Å²) >= 11 is 0. The first kappa shape index (κ1) is 19.0. The fraction of sp³-hybridized carbons (Fsp3) is 0.333. The summed E-state index contributed by atoms with van der Waals surface area (Å²) < 4.78 is 13.9. The van der Waals surface area contributed by atoms with Crippen molar-refractivity contribution >= 4 is 23.4 Å². The molecule has 8 heteroatoms. The molecule has 29 heavy (non-hydrogen) atoms. The number of amides is 3. The Kier molecular flexibility index (Phi) is 5.00. The van der Waals surface area contributed by atoms with E-state index in [9.17, 15) is 18.8 Å². The van der Waals surface area contributed by atoms with Gasteiger partial charge in [0, 0.05) is 12.7 Å². The summed E-state index contributed by atoms with van der Waals surface area (Å²) in [6.07, 6.45) is 2.88. The van der Waals surface area contributed by atoms with E-state index in [1.54, 1.807) is 25.3 Å². The number of hydrogen-bond acceptors (Lipinski definition) is 4. The molecule has 0 bridgehead atoms. The van der Waals surface area contributed by atoms with Crippen LogP contribution in [0.1, 0.15) is 41.9 Å². The minimum absolute atomic E-state index is 0.134. The van der Waals surface area contributed by atoms with E-state index < -0.39 is 17.8 Å². The lowest BCUT2D eigenvalue weighted by Gasteiger charge is -2.26. The molecule has 0 radical (unpaired) electrons. The second-order valence-electron chi connectivity index (χ2n) is 7.29. The number of carbonyl (C=O) groups excluding carboxylic acids is 3. The van der Waals surface area contributed by atoms with Gasteiger partial charge < -0.3 is 15.1 Å². The standard InChI is InChI=1S/C21H21FN4O3/c1-13(16-5-2-3-9-23-16)24-19(27)12-26-18-11-14(22)7-8-15(18)20(28)25-10-4-6-17(25)21(26)29/h2-3,5,7-9,11,13,17H,4,6,10,12H2,1H3,(H,24,27)/t13-,17-/m1/s1. The van der Waals surface area contributed by atoms with Crippen molar-refractivity contribution in [2.24, 2.45) is 0 Å². The van der Waals surface area contributed by atoms with E-state index >= 15 is 0 Å². The largest absolute Gasteiger partial charge is 0.346 e. The Morgan fingerprint density at radius 3 is 2.90 bits per heavy atom. The molecule has 1 fully saturated rings. The first-order valence-corrected chi connectivity index (χ1v) is 9.58. The Morgan fingerprint density at radius 1 is 1.31 bits per heavy atom. The summed E-state index contributed by atoms with van der Waals surface area (Å²) in [5, 5.41) is 2.81. The second-order valence-corrected chi connectivity index (χ2v) is 7.29. The van der Waals surface area contributed by atoms with Crippen molar-refractivity contribution < 1.29 is 18.8 Å². The van der Waals surface area contributed by atoms with Crippen LogP contribution >= 0.6 is 0 Å². The molecule has 0 aliphatic carbocycles. The normalized spacial score (nSPS) is 19.4. The number of hydrogen-bond donors (Lipinski definition) is 1. The Bertz CT molecular complexity index is 966. The predicted octanol–water partition coefficient (Wildman–Crippen LogP) is 2.05. The maximum absolute atomic E-state index is 13.9. The lowest BCUT2D eigenvalue weighted by Crippen LogP contribution is -2.48. The number of nitrogens with zero attached hydrogens (tertiary/aromatic N) is 3. The van der Waals surface area contributed by atoms with E-state index in [1.807, 2.05) is 6.07 Å². The number of rotatable bonds is 4. The molecule has 3 heterocycles. The van der Waals surface area contributed by atoms with Gasteiger partial charge in [0.05, 0.1) is 23.0 Å². The maximum Gasteiger partial charge on any atom is 0.256 e. The van der Waals surface area contributed by atoms with Gasteiger partial charge in [0.25, 0.3) is 5.91 Å². The number of pyridine rings is 1. The highest BCUT2D eigenvalue weighted by atomic mass is 19.1. The minimum Gasteiger partial charge on any atom is -0.346 e. The van der Waals surface area contributed by atoms with E-state index in [2.05, 4.69) is 10.3 Å². The molecule has 1 N–H and O–H groups in total. The number of carbonyl (C=O) groups is 3. The summed E-state index contributed by atoms with van der Waals surface area (Å²) in [7, 11) is 0. The van der Waals surface area contributed by atoms with Gasteiger partial charge in [-0.1, -0.05) is 6.07 Å². The molecule has 1 saturated heterocycles. The summed E-state index contributed by atoms with van der Waals surface area (Å²) in [5.41, 5.74) is 1.05. The third-order valence-electron chi connectivity index (χ3n) is 5.36. The zero-order valence-electron chi connectivity index (χ0n) is 16.0. The third kappa shape index (κ3) is 3.57. The van der Waals surface area contributed by atoms with E-state index in [0.29, 0.717) is 18.7 Å². The molecule has 1 aromatic carbocycles. The van der Waals surface area contributed by atoms with Crippen molar-refractivity contribution in [1.82, 2.24) is 15.2 Å². The van der Waals surface area contributed by atoms with Crippen LogP contribution in [0, 0.1) is 5.82 Å². The van der Waals surface area contributed by atoms with Crippen LogP contribution in [-0.4, -0.2) is 46.7 Å². The number of halogens is 1. The molecular formula is C21H21FN4O3. The molecule has 0 saturated carbocycles. The highest BCUT2D eigenvalue weighted by Gasteiger charge is 2.42. The van der Waals surface area contributed by atoms with Crippen LogP contribution in [0.2, 0.25) is 0 Å². The number of nitrogens with one attached hydrogen (secondary N) is 1. The predicted molar refractivity (Wildman–Crippen MR) is 104 cm³/mol. The molecule has 2 aromatic rings. The van der Waals surface area contributed by atoms with Crippen molar-refractivity contribution in [3.8, 4) is 0 Å². The van der Waals surface area contributed by atoms with Crippen LogP contribution in [-0.2, 0) is 9.59 Å². The van der Waals surface area contributed by atoms with Crippen molar-refractivity contribution in [3.63, 3.8) is 0 Å². The van der Waals surface area contributed by atoms with E-state index in [1.165, 1.54) is 21.9 Å². The van der Waals surface area contributed by atoms with Crippen molar-refractivity contribution in [2.45, 2.75) is 31.8 Å². The van der Waals surface area contributed by atoms with E-state index in [0.717, 1.165) is 12.5 Å². The molecule has 2 aliphatic heterocycles. The molecule has 0 spiro atoms. The Morgan fingerprint density at radius 2 is 2.14 bits per heavy atom. The minimum atomic E-state index is -0.626. The smallest absolute Gasteiger partial charge is 0.256 e. The van der Waals surface area contributed by atoms with Gasteiger partial charge in [-0.2, -0.15) is 0 Å². The zero-order valence-corrected chi connectivity index (χ0v) is 16.0. The SMILES string of the molecule is C[C@@H](NC(=O)CN1C(=O)[C@H]2CCCN2C(=O)c2ccc(F)cc21)c1ccccn1. The summed E-state index contributed by atoms with van der Waals surface area (Å²) in [6, 6.07) is 8.12. The van der Waals surface area contributed by atoms with Crippen LogP contribution in [0.25, 0.3) is 0 Å². The number of fused-ring (bicyclic) bond motifs is 2. The van der Waals surface area contributed by atoms with Crippen LogP contribution in [0.3, 0.4) is 0 Å². The van der Waals surface area contributed by atoms with Crippen LogP contribution < -0.4 is 10.2 Å². The number of aromatic nitrogens is 1. The molecular weight excluding hydrogens is 375 g/mol. The van der Waals surface area contributed by atoms with Gasteiger partial charge in [0.15, 0.2) is 0 Å². The molecule has 3 amide bonds. The molecule has 7 nitrogen and oxygen atoms in total. The monoisotopic (exact) mass is 396 g/mol. The molecule has 0 unspecified atom stereocenters. The van der Waals surface area contributed by atoms with Gasteiger partial charge in [-0.25, -0.2) is 4.39 Å². The van der Waals surface area contributed by atoms with E-state index in [4.69, 9.17) is 0 Å². The summed E-state index contributed by atoms with van der Waals surface area (Å²) in [6.45, 7) is 1.97. The Labute approximate surface area is 167 Å². The summed E-state index contributed by atoms with van der Waals surface area (Å²) in [4.78, 5) is 45.7. The lowest BCUT2D eigenvalue weighted by molar-refractivity contribution is -0.126. The Hall–Kier alpha value is -3.29. The number of benzene rings is 1. The van der Waals surface area contributed by atoms with Crippen molar-refractivity contribution in [3.05, 3.63) is 59.7 Å². The van der Waals surface area contributed by atoms with Gasteiger partial charge in [-0.3, -0.25) is 19.4 Å². The van der Waals surface area contributed by atoms with Gasteiger partial charge in [-0.05, 0) is 50.1 Å². The van der Waals surface area contributed by atoms with Gasteiger partial charge in [0.2, 0.25) is 11.8 Å². The number of anilines is 1. The highest BCUT2D eigenvalue weighted by molar-refractivity contribution is 6.12. The fourth-order valence-corrected chi connectivity index (χ4v) is 3.93. The van der Waals surface area contributed by atoms with Crippen LogP contribution in [0.4, 0.5) is 10.1 Å². The van der Waals surface area contributed by atoms with Gasteiger partial charge in [-0.15, -0.1) is 0 Å². The maximum atomic E-state index is 13.9. The third-order valence-corrected chi connectivity index (χ3v) is 5.36. The average molecular weight is 396 g/mol. The fourth-order valence-electron chi connectivity index (χ4n) is 3.93. The highest BCUT2D eigenvalue weighted by Crippen LogP contribution is 2.32. The molecule has 4 rings (SSSR count). The van der Waals surface area contributed by atoms with Gasteiger partial charge >= 0.3 is 0 Å². The van der Waals surface area contributed by atoms with Crippen molar-refractivity contribution in [1.29, 1.82) is 0 Å². The quantitative estimate of drug-likeness (QED) is 0.858. The van der Waals surface area contributed by atoms with Crippen molar-refractivity contribution in [2.75, 3.05) is 18.0 Å². The zero-order chi connectivity index (χ0) is 20.5. The Balaban J connectivity index is 1.62. The molecule has 150 valence electrons. The topological polar surface area (TPSA) is 82.6 Å². The first-order valence-electron chi connectivity index (χ1n) is 9.58. The second kappa shape index (κ2) is 7.62. The van der Waals surface area contributed by atoms with Crippen LogP contribution in [0.5, 0.6) is 0 Å². The van der Waals surface area contributed by atoms with Crippen LogP contribution in [0.15, 0.2) is 42.6 Å². The van der Waals surface area contributed by atoms with E-state index in [-0.39, 0.29) is 35.7 Å². The van der Waals surface area contributed by atoms with Gasteiger partial charge in [0.1, 0.15) is 18.4 Å².